The maximum Gasteiger partial charge on any atom is 0.144 e. The summed E-state index contributed by atoms with van der Waals surface area (Å²) in [5.41, 5.74) is 7.58. The second kappa shape index (κ2) is 9.92. The standard InChI is InChI=1S/C24H34FN5O/c1-16(31)28-23(26)21-14-18-13-19(25)7-8-22(18)29-24(21)30-11-9-20(10-12-30)27-15-17-5-3-2-4-6-17/h7-8,13-14,16-17,20,27,31H,2-6,9-12,15H2,1H3,(H2,26,28). The minimum Gasteiger partial charge on any atom is -0.383 e. The summed E-state index contributed by atoms with van der Waals surface area (Å²) < 4.78 is 13.7. The first kappa shape index (κ1) is 22.0. The van der Waals surface area contributed by atoms with Gasteiger partial charge in [-0.15, -0.1) is 0 Å². The number of nitrogens with one attached hydrogen (secondary N) is 1. The van der Waals surface area contributed by atoms with E-state index in [1.165, 1.54) is 44.2 Å². The molecule has 4 N–H and O–H groups in total. The molecule has 2 fully saturated rings. The van der Waals surface area contributed by atoms with Crippen LogP contribution in [0.2, 0.25) is 0 Å². The molecule has 0 spiro atoms. The molecule has 1 aromatic heterocycles. The molecule has 168 valence electrons. The lowest BCUT2D eigenvalue weighted by molar-refractivity contribution is 0.205. The number of piperidine rings is 1. The molecule has 31 heavy (non-hydrogen) atoms. The van der Waals surface area contributed by atoms with Crippen LogP contribution in [0.15, 0.2) is 29.3 Å². The monoisotopic (exact) mass is 427 g/mol. The summed E-state index contributed by atoms with van der Waals surface area (Å²) in [5, 5.41) is 14.1. The first-order valence-corrected chi connectivity index (χ1v) is 11.6. The summed E-state index contributed by atoms with van der Waals surface area (Å²) >= 11 is 0. The van der Waals surface area contributed by atoms with E-state index >= 15 is 0 Å². The van der Waals surface area contributed by atoms with E-state index in [1.54, 1.807) is 13.0 Å². The van der Waals surface area contributed by atoms with Crippen molar-refractivity contribution in [3.8, 4) is 0 Å². The zero-order chi connectivity index (χ0) is 21.8. The van der Waals surface area contributed by atoms with Crippen LogP contribution in [-0.2, 0) is 0 Å². The number of nitrogens with zero attached hydrogens (tertiary/aromatic N) is 3. The van der Waals surface area contributed by atoms with Crippen molar-refractivity contribution in [2.45, 2.75) is 64.1 Å². The maximum absolute atomic E-state index is 13.7. The van der Waals surface area contributed by atoms with Gasteiger partial charge in [0.1, 0.15) is 23.7 Å². The van der Waals surface area contributed by atoms with Crippen molar-refractivity contribution in [3.05, 3.63) is 35.6 Å². The van der Waals surface area contributed by atoms with Crippen LogP contribution in [0.3, 0.4) is 0 Å². The zero-order valence-corrected chi connectivity index (χ0v) is 18.4. The molecular formula is C24H34FN5O. The Bertz CT molecular complexity index is 918. The van der Waals surface area contributed by atoms with Crippen LogP contribution in [0.1, 0.15) is 57.4 Å². The Kier molecular flexibility index (Phi) is 7.02. The molecule has 1 aromatic carbocycles. The number of rotatable bonds is 6. The van der Waals surface area contributed by atoms with Crippen molar-refractivity contribution in [3.63, 3.8) is 0 Å². The van der Waals surface area contributed by atoms with Gasteiger partial charge in [-0.3, -0.25) is 0 Å². The molecule has 1 atom stereocenters. The molecule has 6 nitrogen and oxygen atoms in total. The highest BCUT2D eigenvalue weighted by Gasteiger charge is 2.24. The minimum absolute atomic E-state index is 0.223. The first-order chi connectivity index (χ1) is 15.0. The second-order valence-electron chi connectivity index (χ2n) is 9.02. The van der Waals surface area contributed by atoms with E-state index in [4.69, 9.17) is 10.7 Å². The number of amidine groups is 1. The summed E-state index contributed by atoms with van der Waals surface area (Å²) in [6, 6.07) is 6.92. The van der Waals surface area contributed by atoms with E-state index in [-0.39, 0.29) is 11.7 Å². The quantitative estimate of drug-likeness (QED) is 0.485. The molecule has 1 unspecified atom stereocenters. The number of aliphatic hydroxyl groups excluding tert-OH is 1. The van der Waals surface area contributed by atoms with Crippen LogP contribution in [0.4, 0.5) is 10.2 Å². The van der Waals surface area contributed by atoms with Gasteiger partial charge in [0.15, 0.2) is 0 Å². The predicted octanol–water partition coefficient (Wildman–Crippen LogP) is 3.56. The molecule has 0 radical (unpaired) electrons. The number of aliphatic imine (C=N–C) groups is 1. The molecule has 2 heterocycles. The van der Waals surface area contributed by atoms with E-state index in [2.05, 4.69) is 15.2 Å². The summed E-state index contributed by atoms with van der Waals surface area (Å²) in [4.78, 5) is 11.2. The number of hydrogen-bond acceptors (Lipinski definition) is 5. The molecular weight excluding hydrogens is 393 g/mol. The molecule has 1 aliphatic heterocycles. The third-order valence-corrected chi connectivity index (χ3v) is 6.57. The topological polar surface area (TPSA) is 86.8 Å². The van der Waals surface area contributed by atoms with Crippen molar-refractivity contribution >= 4 is 22.6 Å². The van der Waals surface area contributed by atoms with Gasteiger partial charge in [-0.2, -0.15) is 0 Å². The lowest BCUT2D eigenvalue weighted by Crippen LogP contribution is -2.44. The van der Waals surface area contributed by atoms with Crippen LogP contribution in [0, 0.1) is 11.7 Å². The van der Waals surface area contributed by atoms with Crippen LogP contribution in [-0.4, -0.2) is 47.8 Å². The lowest BCUT2D eigenvalue weighted by Gasteiger charge is -2.35. The number of anilines is 1. The van der Waals surface area contributed by atoms with Crippen LogP contribution in [0.25, 0.3) is 10.9 Å². The largest absolute Gasteiger partial charge is 0.383 e. The van der Waals surface area contributed by atoms with E-state index < -0.39 is 6.23 Å². The zero-order valence-electron chi connectivity index (χ0n) is 18.4. The van der Waals surface area contributed by atoms with Gasteiger partial charge in [0.25, 0.3) is 0 Å². The van der Waals surface area contributed by atoms with Crippen LogP contribution in [0.5, 0.6) is 0 Å². The third kappa shape index (κ3) is 5.52. The van der Waals surface area contributed by atoms with Gasteiger partial charge in [0.05, 0.1) is 11.1 Å². The minimum atomic E-state index is -0.911. The maximum atomic E-state index is 13.7. The van der Waals surface area contributed by atoms with Gasteiger partial charge in [0, 0.05) is 24.5 Å². The molecule has 1 aliphatic carbocycles. The predicted molar refractivity (Wildman–Crippen MR) is 124 cm³/mol. The molecule has 7 heteroatoms. The van der Waals surface area contributed by atoms with Crippen LogP contribution >= 0.6 is 0 Å². The average Bonchev–Trinajstić information content (AvgIpc) is 2.77. The van der Waals surface area contributed by atoms with E-state index in [9.17, 15) is 9.50 Å². The molecule has 1 saturated heterocycles. The highest BCUT2D eigenvalue weighted by atomic mass is 19.1. The Morgan fingerprint density at radius 2 is 1.97 bits per heavy atom. The number of benzene rings is 1. The SMILES string of the molecule is CC(O)N=C(N)c1cc2cc(F)ccc2nc1N1CCC(NCC2CCCCC2)CC1. The summed E-state index contributed by atoms with van der Waals surface area (Å²) in [6.45, 7) is 4.43. The summed E-state index contributed by atoms with van der Waals surface area (Å²) in [6.07, 6.45) is 8.04. The fraction of sp³-hybridized carbons (Fsp3) is 0.583. The molecule has 4 rings (SSSR count). The Labute approximate surface area is 183 Å². The smallest absolute Gasteiger partial charge is 0.144 e. The van der Waals surface area contributed by atoms with Gasteiger partial charge >= 0.3 is 0 Å². The van der Waals surface area contributed by atoms with Crippen molar-refractivity contribution in [2.24, 2.45) is 16.6 Å². The van der Waals surface area contributed by atoms with E-state index in [1.807, 2.05) is 6.07 Å². The highest BCUT2D eigenvalue weighted by Crippen LogP contribution is 2.28. The normalized spacial score (nSPS) is 20.4. The number of pyridine rings is 1. The second-order valence-corrected chi connectivity index (χ2v) is 9.02. The molecule has 2 aromatic rings. The van der Waals surface area contributed by atoms with Gasteiger partial charge in [0.2, 0.25) is 0 Å². The van der Waals surface area contributed by atoms with Crippen LogP contribution < -0.4 is 16.0 Å². The fourth-order valence-corrected chi connectivity index (χ4v) is 4.86. The molecule has 1 saturated carbocycles. The number of nitrogens with two attached hydrogens (primary N) is 1. The highest BCUT2D eigenvalue weighted by molar-refractivity contribution is 6.04. The van der Waals surface area contributed by atoms with Crippen molar-refractivity contribution < 1.29 is 9.50 Å². The fourth-order valence-electron chi connectivity index (χ4n) is 4.86. The van der Waals surface area contributed by atoms with Gasteiger partial charge < -0.3 is 21.1 Å². The molecule has 0 bridgehead atoms. The average molecular weight is 428 g/mol. The van der Waals surface area contributed by atoms with Gasteiger partial charge in [-0.1, -0.05) is 19.3 Å². The Morgan fingerprint density at radius 3 is 2.68 bits per heavy atom. The Balaban J connectivity index is 1.49. The summed E-state index contributed by atoms with van der Waals surface area (Å²) in [5.74, 6) is 1.49. The van der Waals surface area contributed by atoms with Crippen molar-refractivity contribution in [1.29, 1.82) is 0 Å². The summed E-state index contributed by atoms with van der Waals surface area (Å²) in [7, 11) is 0. The van der Waals surface area contributed by atoms with E-state index in [0.29, 0.717) is 17.0 Å². The van der Waals surface area contributed by atoms with Crippen molar-refractivity contribution in [2.75, 3.05) is 24.5 Å². The van der Waals surface area contributed by atoms with Crippen molar-refractivity contribution in [1.82, 2.24) is 10.3 Å². The Hall–Kier alpha value is -2.25. The number of fused-ring (bicyclic) bond motifs is 1. The number of hydrogen-bond donors (Lipinski definition) is 3. The molecule has 0 amide bonds. The third-order valence-electron chi connectivity index (χ3n) is 6.57. The van der Waals surface area contributed by atoms with Gasteiger partial charge in [-0.25, -0.2) is 14.4 Å². The number of aromatic nitrogens is 1. The number of halogens is 1. The lowest BCUT2D eigenvalue weighted by atomic mass is 9.89. The Morgan fingerprint density at radius 1 is 1.23 bits per heavy atom. The molecule has 2 aliphatic rings. The van der Waals surface area contributed by atoms with E-state index in [0.717, 1.165) is 49.7 Å². The number of aliphatic hydroxyl groups is 1. The van der Waals surface area contributed by atoms with Gasteiger partial charge in [-0.05, 0) is 69.3 Å². The first-order valence-electron chi connectivity index (χ1n) is 11.6.